The van der Waals surface area contributed by atoms with Crippen LogP contribution in [0.3, 0.4) is 0 Å². The lowest BCUT2D eigenvalue weighted by Crippen LogP contribution is -1.86. The number of hydrogen-bond donors (Lipinski definition) is 1. The summed E-state index contributed by atoms with van der Waals surface area (Å²) < 4.78 is 17.0. The minimum absolute atomic E-state index is 0.284. The molecule has 2 rings (SSSR count). The molecule has 0 amide bonds. The Morgan fingerprint density at radius 2 is 2.14 bits per heavy atom. The van der Waals surface area contributed by atoms with Crippen LogP contribution in [0.5, 0.6) is 0 Å². The van der Waals surface area contributed by atoms with Crippen molar-refractivity contribution < 1.29 is 4.39 Å². The van der Waals surface area contributed by atoms with Gasteiger partial charge in [0.15, 0.2) is 11.0 Å². The second kappa shape index (κ2) is 3.34. The first kappa shape index (κ1) is 9.08. The second-order valence-corrected chi connectivity index (χ2v) is 3.76. The fraction of sp³-hybridized carbons (Fsp3) is 0.111. The summed E-state index contributed by atoms with van der Waals surface area (Å²) >= 11 is 1.11. The number of halogens is 1. The molecule has 0 radical (unpaired) electrons. The van der Waals surface area contributed by atoms with Crippen LogP contribution in [0.25, 0.3) is 11.4 Å². The minimum atomic E-state index is -0.284. The maximum Gasteiger partial charge on any atom is 0.200 e. The summed E-state index contributed by atoms with van der Waals surface area (Å²) in [4.78, 5) is 3.98. The fourth-order valence-electron chi connectivity index (χ4n) is 1.22. The van der Waals surface area contributed by atoms with E-state index in [-0.39, 0.29) is 5.82 Å². The molecule has 5 heteroatoms. The molecule has 72 valence electrons. The Balaban J connectivity index is 2.51. The van der Waals surface area contributed by atoms with E-state index in [0.29, 0.717) is 16.5 Å². The van der Waals surface area contributed by atoms with E-state index in [1.165, 1.54) is 12.1 Å². The van der Waals surface area contributed by atoms with Gasteiger partial charge >= 0.3 is 0 Å². The molecule has 0 bridgehead atoms. The highest BCUT2D eigenvalue weighted by Gasteiger charge is 2.06. The van der Waals surface area contributed by atoms with Gasteiger partial charge in [0.1, 0.15) is 5.82 Å². The van der Waals surface area contributed by atoms with Gasteiger partial charge in [0.05, 0.1) is 0 Å². The number of hydrogen-bond acceptors (Lipinski definition) is 4. The largest absolute Gasteiger partial charge is 0.374 e. The first-order chi connectivity index (χ1) is 6.65. The molecule has 2 N–H and O–H groups in total. The van der Waals surface area contributed by atoms with E-state index in [2.05, 4.69) is 9.36 Å². The van der Waals surface area contributed by atoms with E-state index in [9.17, 15) is 4.39 Å². The van der Waals surface area contributed by atoms with Gasteiger partial charge < -0.3 is 5.73 Å². The van der Waals surface area contributed by atoms with E-state index in [1.54, 1.807) is 0 Å². The quantitative estimate of drug-likeness (QED) is 0.783. The number of nitrogen functional groups attached to an aromatic ring is 1. The van der Waals surface area contributed by atoms with Gasteiger partial charge in [0.25, 0.3) is 0 Å². The number of nitrogens with two attached hydrogens (primary N) is 1. The SMILES string of the molecule is Cc1cc(F)cc(-c2nsc(N)n2)c1. The molecule has 0 unspecified atom stereocenters. The predicted molar refractivity (Wildman–Crippen MR) is 54.5 cm³/mol. The van der Waals surface area contributed by atoms with Crippen LogP contribution in [0.4, 0.5) is 9.52 Å². The normalized spacial score (nSPS) is 10.4. The van der Waals surface area contributed by atoms with Crippen LogP contribution in [-0.4, -0.2) is 9.36 Å². The van der Waals surface area contributed by atoms with Crippen molar-refractivity contribution in [1.29, 1.82) is 0 Å². The number of nitrogens with zero attached hydrogens (tertiary/aromatic N) is 2. The Kier molecular flexibility index (Phi) is 2.17. The lowest BCUT2D eigenvalue weighted by atomic mass is 10.1. The van der Waals surface area contributed by atoms with Gasteiger partial charge in [-0.2, -0.15) is 9.36 Å². The Hall–Kier alpha value is -1.49. The van der Waals surface area contributed by atoms with Crippen molar-refractivity contribution in [3.8, 4) is 11.4 Å². The highest BCUT2D eigenvalue weighted by Crippen LogP contribution is 2.21. The fourth-order valence-corrected chi connectivity index (χ4v) is 1.67. The van der Waals surface area contributed by atoms with Crippen molar-refractivity contribution in [3.05, 3.63) is 29.6 Å². The van der Waals surface area contributed by atoms with Crippen molar-refractivity contribution >= 4 is 16.7 Å². The molecule has 2 aromatic rings. The molecule has 1 aromatic carbocycles. The summed E-state index contributed by atoms with van der Waals surface area (Å²) in [5, 5.41) is 0.391. The summed E-state index contributed by atoms with van der Waals surface area (Å²) in [6, 6.07) is 4.68. The van der Waals surface area contributed by atoms with Gasteiger partial charge in [0.2, 0.25) is 0 Å². The van der Waals surface area contributed by atoms with Crippen LogP contribution in [0.2, 0.25) is 0 Å². The number of anilines is 1. The molecule has 0 spiro atoms. The molecular formula is C9H8FN3S. The molecule has 0 aliphatic carbocycles. The zero-order valence-corrected chi connectivity index (χ0v) is 8.31. The van der Waals surface area contributed by atoms with E-state index in [0.717, 1.165) is 17.1 Å². The van der Waals surface area contributed by atoms with Gasteiger partial charge in [-0.05, 0) is 30.7 Å². The second-order valence-electron chi connectivity index (χ2n) is 2.97. The zero-order valence-electron chi connectivity index (χ0n) is 7.49. The van der Waals surface area contributed by atoms with Gasteiger partial charge in [0, 0.05) is 17.1 Å². The number of rotatable bonds is 1. The third kappa shape index (κ3) is 1.72. The van der Waals surface area contributed by atoms with Crippen molar-refractivity contribution in [3.63, 3.8) is 0 Å². The van der Waals surface area contributed by atoms with Crippen molar-refractivity contribution in [2.45, 2.75) is 6.92 Å². The van der Waals surface area contributed by atoms with Gasteiger partial charge in [-0.3, -0.25) is 0 Å². The number of aromatic nitrogens is 2. The molecule has 1 aromatic heterocycles. The molecule has 0 atom stereocenters. The van der Waals surface area contributed by atoms with Crippen LogP contribution in [0, 0.1) is 12.7 Å². The standard InChI is InChI=1S/C9H8FN3S/c1-5-2-6(4-7(10)3-5)8-12-9(11)14-13-8/h2-4H,1H3,(H2,11,12,13). The number of aryl methyl sites for hydroxylation is 1. The highest BCUT2D eigenvalue weighted by atomic mass is 32.1. The van der Waals surface area contributed by atoms with E-state index in [1.807, 2.05) is 13.0 Å². The molecule has 14 heavy (non-hydrogen) atoms. The van der Waals surface area contributed by atoms with Gasteiger partial charge in [-0.25, -0.2) is 4.39 Å². The molecule has 0 aliphatic rings. The van der Waals surface area contributed by atoms with E-state index in [4.69, 9.17) is 5.73 Å². The summed E-state index contributed by atoms with van der Waals surface area (Å²) in [6.07, 6.45) is 0. The lowest BCUT2D eigenvalue weighted by molar-refractivity contribution is 0.627. The molecule has 0 fully saturated rings. The smallest absolute Gasteiger partial charge is 0.200 e. The molecular weight excluding hydrogens is 201 g/mol. The van der Waals surface area contributed by atoms with E-state index < -0.39 is 0 Å². The Bertz CT molecular complexity index is 447. The zero-order chi connectivity index (χ0) is 10.1. The predicted octanol–water partition coefficient (Wildman–Crippen LogP) is 2.23. The first-order valence-electron chi connectivity index (χ1n) is 4.02. The van der Waals surface area contributed by atoms with Crippen LogP contribution >= 0.6 is 11.5 Å². The minimum Gasteiger partial charge on any atom is -0.374 e. The molecule has 0 saturated heterocycles. The Morgan fingerprint density at radius 1 is 1.36 bits per heavy atom. The van der Waals surface area contributed by atoms with Gasteiger partial charge in [-0.1, -0.05) is 0 Å². The lowest BCUT2D eigenvalue weighted by Gasteiger charge is -1.97. The summed E-state index contributed by atoms with van der Waals surface area (Å²) in [5.74, 6) is 0.198. The monoisotopic (exact) mass is 209 g/mol. The first-order valence-corrected chi connectivity index (χ1v) is 4.79. The van der Waals surface area contributed by atoms with Crippen molar-refractivity contribution in [1.82, 2.24) is 9.36 Å². The molecule has 0 saturated carbocycles. The average molecular weight is 209 g/mol. The summed E-state index contributed by atoms with van der Waals surface area (Å²) in [7, 11) is 0. The Morgan fingerprint density at radius 3 is 2.71 bits per heavy atom. The van der Waals surface area contributed by atoms with Crippen LogP contribution in [0.15, 0.2) is 18.2 Å². The number of benzene rings is 1. The van der Waals surface area contributed by atoms with Crippen LogP contribution in [-0.2, 0) is 0 Å². The third-order valence-electron chi connectivity index (χ3n) is 1.74. The third-order valence-corrected chi connectivity index (χ3v) is 2.28. The molecule has 1 heterocycles. The van der Waals surface area contributed by atoms with Crippen molar-refractivity contribution in [2.75, 3.05) is 5.73 Å². The summed E-state index contributed by atoms with van der Waals surface area (Å²) in [5.41, 5.74) is 6.95. The van der Waals surface area contributed by atoms with Crippen molar-refractivity contribution in [2.24, 2.45) is 0 Å². The topological polar surface area (TPSA) is 51.8 Å². The van der Waals surface area contributed by atoms with Gasteiger partial charge in [-0.15, -0.1) is 0 Å². The maximum absolute atomic E-state index is 13.0. The molecule has 0 aliphatic heterocycles. The van der Waals surface area contributed by atoms with E-state index >= 15 is 0 Å². The highest BCUT2D eigenvalue weighted by molar-refractivity contribution is 7.09. The molecule has 3 nitrogen and oxygen atoms in total. The maximum atomic E-state index is 13.0. The average Bonchev–Trinajstić information content (AvgIpc) is 2.50. The Labute approximate surface area is 84.6 Å². The van der Waals surface area contributed by atoms with Crippen LogP contribution < -0.4 is 5.73 Å². The summed E-state index contributed by atoms with van der Waals surface area (Å²) in [6.45, 7) is 1.82. The van der Waals surface area contributed by atoms with Crippen LogP contribution in [0.1, 0.15) is 5.56 Å².